The Hall–Kier alpha value is -1.46. The largest absolute Gasteiger partial charge is 0.396 e. The van der Waals surface area contributed by atoms with E-state index in [-0.39, 0.29) is 24.4 Å². The van der Waals surface area contributed by atoms with Crippen LogP contribution in [0.4, 0.5) is 4.39 Å². The van der Waals surface area contributed by atoms with Crippen molar-refractivity contribution in [3.05, 3.63) is 35.6 Å². The SMILES string of the molecule is O=C(CCCO)N1CCOC(c2ccc(F)cc2)C1. The maximum absolute atomic E-state index is 12.9. The fraction of sp³-hybridized carbons (Fsp3) is 0.500. The first-order valence-corrected chi connectivity index (χ1v) is 6.46. The van der Waals surface area contributed by atoms with Gasteiger partial charge in [0, 0.05) is 19.6 Å². The van der Waals surface area contributed by atoms with E-state index in [0.29, 0.717) is 32.5 Å². The van der Waals surface area contributed by atoms with Crippen molar-refractivity contribution < 1.29 is 19.0 Å². The smallest absolute Gasteiger partial charge is 0.222 e. The summed E-state index contributed by atoms with van der Waals surface area (Å²) in [7, 11) is 0. The summed E-state index contributed by atoms with van der Waals surface area (Å²) >= 11 is 0. The second kappa shape index (κ2) is 6.63. The molecule has 19 heavy (non-hydrogen) atoms. The fourth-order valence-corrected chi connectivity index (χ4v) is 2.14. The molecule has 0 saturated carbocycles. The monoisotopic (exact) mass is 267 g/mol. The molecule has 0 bridgehead atoms. The molecule has 2 rings (SSSR count). The summed E-state index contributed by atoms with van der Waals surface area (Å²) in [6.45, 7) is 1.56. The van der Waals surface area contributed by atoms with Crippen LogP contribution in [0.1, 0.15) is 24.5 Å². The quantitative estimate of drug-likeness (QED) is 0.899. The van der Waals surface area contributed by atoms with Crippen LogP contribution in [-0.4, -0.2) is 42.2 Å². The summed E-state index contributed by atoms with van der Waals surface area (Å²) in [5.74, 6) is -0.250. The van der Waals surface area contributed by atoms with Crippen molar-refractivity contribution in [3.63, 3.8) is 0 Å². The number of hydrogen-bond donors (Lipinski definition) is 1. The van der Waals surface area contributed by atoms with E-state index in [4.69, 9.17) is 9.84 Å². The molecular weight excluding hydrogens is 249 g/mol. The lowest BCUT2D eigenvalue weighted by molar-refractivity contribution is -0.139. The Bertz CT molecular complexity index is 421. The van der Waals surface area contributed by atoms with Crippen LogP contribution < -0.4 is 0 Å². The molecule has 1 saturated heterocycles. The van der Waals surface area contributed by atoms with E-state index in [1.807, 2.05) is 0 Å². The number of hydrogen-bond acceptors (Lipinski definition) is 3. The molecule has 5 heteroatoms. The summed E-state index contributed by atoms with van der Waals surface area (Å²) in [4.78, 5) is 13.6. The minimum atomic E-state index is -0.282. The lowest BCUT2D eigenvalue weighted by atomic mass is 10.1. The van der Waals surface area contributed by atoms with Gasteiger partial charge in [-0.15, -0.1) is 0 Å². The maximum atomic E-state index is 12.9. The topological polar surface area (TPSA) is 49.8 Å². The molecule has 1 N–H and O–H groups in total. The van der Waals surface area contributed by atoms with Crippen molar-refractivity contribution in [2.24, 2.45) is 0 Å². The van der Waals surface area contributed by atoms with Crippen LogP contribution in [0.15, 0.2) is 24.3 Å². The van der Waals surface area contributed by atoms with Gasteiger partial charge in [-0.05, 0) is 24.1 Å². The maximum Gasteiger partial charge on any atom is 0.222 e. The number of aliphatic hydroxyl groups is 1. The summed E-state index contributed by atoms with van der Waals surface area (Å²) in [5.41, 5.74) is 0.876. The van der Waals surface area contributed by atoms with Crippen molar-refractivity contribution in [2.45, 2.75) is 18.9 Å². The molecule has 0 aromatic heterocycles. The average Bonchev–Trinajstić information content (AvgIpc) is 2.45. The van der Waals surface area contributed by atoms with Gasteiger partial charge in [0.25, 0.3) is 0 Å². The molecule has 0 spiro atoms. The molecular formula is C14H18FNO3. The predicted molar refractivity (Wildman–Crippen MR) is 68.0 cm³/mol. The Morgan fingerprint density at radius 3 is 2.84 bits per heavy atom. The molecule has 1 aromatic rings. The normalized spacial score (nSPS) is 19.5. The Morgan fingerprint density at radius 1 is 1.42 bits per heavy atom. The zero-order valence-electron chi connectivity index (χ0n) is 10.7. The first kappa shape index (κ1) is 14.0. The van der Waals surface area contributed by atoms with Gasteiger partial charge in [-0.25, -0.2) is 4.39 Å². The number of carbonyl (C=O) groups is 1. The van der Waals surface area contributed by atoms with E-state index in [1.54, 1.807) is 17.0 Å². The van der Waals surface area contributed by atoms with E-state index in [1.165, 1.54) is 12.1 Å². The molecule has 104 valence electrons. The summed E-state index contributed by atoms with van der Waals surface area (Å²) in [5, 5.41) is 8.74. The third-order valence-corrected chi connectivity index (χ3v) is 3.21. The molecule has 1 aromatic carbocycles. The van der Waals surface area contributed by atoms with Crippen LogP contribution in [0.25, 0.3) is 0 Å². The zero-order valence-corrected chi connectivity index (χ0v) is 10.7. The molecule has 0 aliphatic carbocycles. The number of aliphatic hydroxyl groups excluding tert-OH is 1. The van der Waals surface area contributed by atoms with Crippen molar-refractivity contribution in [1.82, 2.24) is 4.90 Å². The highest BCUT2D eigenvalue weighted by molar-refractivity contribution is 5.76. The van der Waals surface area contributed by atoms with Gasteiger partial charge in [-0.2, -0.15) is 0 Å². The molecule has 1 aliphatic heterocycles. The standard InChI is InChI=1S/C14H18FNO3/c15-12-5-3-11(4-6-12)13-10-16(7-9-19-13)14(18)2-1-8-17/h3-6,13,17H,1-2,7-10H2. The number of benzene rings is 1. The molecule has 0 radical (unpaired) electrons. The number of halogens is 1. The van der Waals surface area contributed by atoms with Crippen LogP contribution in [0.3, 0.4) is 0 Å². The van der Waals surface area contributed by atoms with Gasteiger partial charge >= 0.3 is 0 Å². The molecule has 1 atom stereocenters. The van der Waals surface area contributed by atoms with Crippen molar-refractivity contribution in [2.75, 3.05) is 26.3 Å². The van der Waals surface area contributed by atoms with Gasteiger partial charge in [0.1, 0.15) is 11.9 Å². The second-order valence-corrected chi connectivity index (χ2v) is 4.58. The minimum absolute atomic E-state index is 0.0253. The molecule has 1 heterocycles. The van der Waals surface area contributed by atoms with Crippen LogP contribution in [0.2, 0.25) is 0 Å². The second-order valence-electron chi connectivity index (χ2n) is 4.58. The van der Waals surface area contributed by atoms with Crippen molar-refractivity contribution in [3.8, 4) is 0 Å². The van der Waals surface area contributed by atoms with Crippen LogP contribution in [-0.2, 0) is 9.53 Å². The molecule has 1 amide bonds. The lowest BCUT2D eigenvalue weighted by Gasteiger charge is -2.33. The van der Waals surface area contributed by atoms with Gasteiger partial charge in [0.15, 0.2) is 0 Å². The fourth-order valence-electron chi connectivity index (χ4n) is 2.14. The summed E-state index contributed by atoms with van der Waals surface area (Å²) in [6.07, 6.45) is 0.636. The minimum Gasteiger partial charge on any atom is -0.396 e. The predicted octanol–water partition coefficient (Wildman–Crippen LogP) is 1.50. The Balaban J connectivity index is 1.96. The van der Waals surface area contributed by atoms with E-state index >= 15 is 0 Å². The van der Waals surface area contributed by atoms with Gasteiger partial charge in [0.05, 0.1) is 13.2 Å². The molecule has 1 fully saturated rings. The number of ether oxygens (including phenoxy) is 1. The zero-order chi connectivity index (χ0) is 13.7. The molecule has 4 nitrogen and oxygen atoms in total. The first-order chi connectivity index (χ1) is 9.20. The summed E-state index contributed by atoms with van der Waals surface area (Å²) < 4.78 is 18.5. The van der Waals surface area contributed by atoms with E-state index < -0.39 is 0 Å². The Morgan fingerprint density at radius 2 is 2.16 bits per heavy atom. The molecule has 1 unspecified atom stereocenters. The van der Waals surface area contributed by atoms with E-state index in [0.717, 1.165) is 5.56 Å². The number of rotatable bonds is 4. The number of carbonyl (C=O) groups excluding carboxylic acids is 1. The number of morpholine rings is 1. The average molecular weight is 267 g/mol. The van der Waals surface area contributed by atoms with Gasteiger partial charge in [-0.3, -0.25) is 4.79 Å². The first-order valence-electron chi connectivity index (χ1n) is 6.46. The van der Waals surface area contributed by atoms with Crippen LogP contribution in [0.5, 0.6) is 0 Å². The highest BCUT2D eigenvalue weighted by Gasteiger charge is 2.24. The van der Waals surface area contributed by atoms with Crippen molar-refractivity contribution in [1.29, 1.82) is 0 Å². The highest BCUT2D eigenvalue weighted by Crippen LogP contribution is 2.22. The lowest BCUT2D eigenvalue weighted by Crippen LogP contribution is -2.42. The summed E-state index contributed by atoms with van der Waals surface area (Å²) in [6, 6.07) is 6.15. The molecule has 1 aliphatic rings. The number of amides is 1. The van der Waals surface area contributed by atoms with Gasteiger partial charge in [0.2, 0.25) is 5.91 Å². The van der Waals surface area contributed by atoms with Crippen molar-refractivity contribution >= 4 is 5.91 Å². The third-order valence-electron chi connectivity index (χ3n) is 3.21. The van der Waals surface area contributed by atoms with E-state index in [9.17, 15) is 9.18 Å². The van der Waals surface area contributed by atoms with Gasteiger partial charge < -0.3 is 14.7 Å². The van der Waals surface area contributed by atoms with Crippen LogP contribution in [0, 0.1) is 5.82 Å². The van der Waals surface area contributed by atoms with E-state index in [2.05, 4.69) is 0 Å². The highest BCUT2D eigenvalue weighted by atomic mass is 19.1. The number of nitrogens with zero attached hydrogens (tertiary/aromatic N) is 1. The Kier molecular flexibility index (Phi) is 4.87. The third kappa shape index (κ3) is 3.75. The van der Waals surface area contributed by atoms with Crippen LogP contribution >= 0.6 is 0 Å². The van der Waals surface area contributed by atoms with Gasteiger partial charge in [-0.1, -0.05) is 12.1 Å². The Labute approximate surface area is 111 Å².